The Balaban J connectivity index is 0.00000176. The van der Waals surface area contributed by atoms with E-state index in [9.17, 15) is 4.79 Å². The van der Waals surface area contributed by atoms with Crippen molar-refractivity contribution in [2.45, 2.75) is 5.16 Å². The maximum atomic E-state index is 12.8. The number of nitrogens with zero attached hydrogens (tertiary/aromatic N) is 3. The SMILES string of the molecule is CSc1ncc(C(=O)N2CCNCC2)n1-c1ccccc1.Cl. The fraction of sp³-hybridized carbons (Fsp3) is 0.333. The van der Waals surface area contributed by atoms with Gasteiger partial charge in [0.2, 0.25) is 0 Å². The molecule has 2 aromatic rings. The van der Waals surface area contributed by atoms with Gasteiger partial charge in [-0.15, -0.1) is 12.4 Å². The maximum absolute atomic E-state index is 12.8. The molecule has 1 N–H and O–H groups in total. The molecule has 3 rings (SSSR count). The summed E-state index contributed by atoms with van der Waals surface area (Å²) in [4.78, 5) is 19.0. The highest BCUT2D eigenvalue weighted by Gasteiger charge is 2.23. The van der Waals surface area contributed by atoms with Gasteiger partial charge >= 0.3 is 0 Å². The zero-order valence-electron chi connectivity index (χ0n) is 12.4. The van der Waals surface area contributed by atoms with Crippen molar-refractivity contribution in [1.29, 1.82) is 0 Å². The number of carbonyl (C=O) groups excluding carboxylic acids is 1. The Bertz CT molecular complexity index is 626. The van der Waals surface area contributed by atoms with Crippen LogP contribution < -0.4 is 5.32 Å². The Morgan fingerprint density at radius 3 is 2.55 bits per heavy atom. The molecule has 1 aromatic carbocycles. The van der Waals surface area contributed by atoms with Crippen LogP contribution in [0, 0.1) is 0 Å². The molecule has 0 saturated carbocycles. The van der Waals surface area contributed by atoms with Crippen LogP contribution in [-0.2, 0) is 0 Å². The molecule has 1 saturated heterocycles. The molecular weight excluding hydrogens is 320 g/mol. The Morgan fingerprint density at radius 1 is 1.23 bits per heavy atom. The molecule has 5 nitrogen and oxygen atoms in total. The highest BCUT2D eigenvalue weighted by Crippen LogP contribution is 2.22. The molecule has 2 heterocycles. The summed E-state index contributed by atoms with van der Waals surface area (Å²) in [5.41, 5.74) is 1.60. The van der Waals surface area contributed by atoms with Gasteiger partial charge in [-0.25, -0.2) is 4.98 Å². The second-order valence-corrected chi connectivity index (χ2v) is 5.62. The van der Waals surface area contributed by atoms with E-state index in [2.05, 4.69) is 10.3 Å². The van der Waals surface area contributed by atoms with E-state index in [0.717, 1.165) is 37.0 Å². The number of nitrogens with one attached hydrogen (secondary N) is 1. The minimum Gasteiger partial charge on any atom is -0.335 e. The summed E-state index contributed by atoms with van der Waals surface area (Å²) in [6.45, 7) is 3.18. The lowest BCUT2D eigenvalue weighted by atomic mass is 10.3. The molecule has 7 heteroatoms. The minimum atomic E-state index is 0. The zero-order chi connectivity index (χ0) is 14.7. The van der Waals surface area contributed by atoms with Crippen LogP contribution in [0.4, 0.5) is 0 Å². The molecule has 118 valence electrons. The lowest BCUT2D eigenvalue weighted by Gasteiger charge is -2.27. The number of hydrogen-bond acceptors (Lipinski definition) is 4. The van der Waals surface area contributed by atoms with E-state index in [4.69, 9.17) is 0 Å². The molecule has 1 amide bonds. The minimum absolute atomic E-state index is 0. The molecule has 0 spiro atoms. The third kappa shape index (κ3) is 3.29. The van der Waals surface area contributed by atoms with Gasteiger partial charge in [0, 0.05) is 31.9 Å². The van der Waals surface area contributed by atoms with E-state index >= 15 is 0 Å². The van der Waals surface area contributed by atoms with E-state index in [-0.39, 0.29) is 18.3 Å². The molecule has 0 bridgehead atoms. The first-order valence-corrected chi connectivity index (χ1v) is 8.21. The van der Waals surface area contributed by atoms with Gasteiger partial charge in [0.25, 0.3) is 5.91 Å². The third-order valence-corrected chi connectivity index (χ3v) is 4.20. The maximum Gasteiger partial charge on any atom is 0.272 e. The van der Waals surface area contributed by atoms with Gasteiger partial charge in [0.1, 0.15) is 5.69 Å². The molecule has 0 atom stereocenters. The predicted molar refractivity (Wildman–Crippen MR) is 91.4 cm³/mol. The van der Waals surface area contributed by atoms with Crippen molar-refractivity contribution < 1.29 is 4.79 Å². The van der Waals surface area contributed by atoms with Gasteiger partial charge in [-0.3, -0.25) is 9.36 Å². The standard InChI is InChI=1S/C15H18N4OS.ClH/c1-21-15-17-11-13(14(20)18-9-7-16-8-10-18)19(15)12-5-3-2-4-6-12;/h2-6,11,16H,7-10H2,1H3;1H. The molecule has 0 unspecified atom stereocenters. The largest absolute Gasteiger partial charge is 0.335 e. The Kier molecular flexibility index (Phi) is 5.88. The molecule has 1 aliphatic heterocycles. The van der Waals surface area contributed by atoms with Crippen LogP contribution in [-0.4, -0.2) is 52.8 Å². The quantitative estimate of drug-likeness (QED) is 0.870. The Hall–Kier alpha value is -1.50. The highest BCUT2D eigenvalue weighted by atomic mass is 35.5. The van der Waals surface area contributed by atoms with Crippen molar-refractivity contribution in [3.05, 3.63) is 42.2 Å². The number of rotatable bonds is 3. The van der Waals surface area contributed by atoms with Crippen molar-refractivity contribution in [3.63, 3.8) is 0 Å². The number of amides is 1. The number of thioether (sulfide) groups is 1. The molecule has 22 heavy (non-hydrogen) atoms. The molecule has 1 fully saturated rings. The predicted octanol–water partition coefficient (Wildman–Crippen LogP) is 2.06. The monoisotopic (exact) mass is 338 g/mol. The first kappa shape index (κ1) is 16.9. The van der Waals surface area contributed by atoms with Crippen molar-refractivity contribution >= 4 is 30.1 Å². The van der Waals surface area contributed by atoms with E-state index in [1.54, 1.807) is 18.0 Å². The Morgan fingerprint density at radius 2 is 1.91 bits per heavy atom. The van der Waals surface area contributed by atoms with Crippen LogP contribution in [0.3, 0.4) is 0 Å². The number of piperazine rings is 1. The van der Waals surface area contributed by atoms with E-state index in [0.29, 0.717) is 5.69 Å². The number of hydrogen-bond donors (Lipinski definition) is 1. The van der Waals surface area contributed by atoms with E-state index in [1.165, 1.54) is 0 Å². The van der Waals surface area contributed by atoms with E-state index < -0.39 is 0 Å². The average Bonchev–Trinajstić information content (AvgIpc) is 2.99. The molecule has 0 aliphatic carbocycles. The van der Waals surface area contributed by atoms with Crippen LogP contribution in [0.25, 0.3) is 5.69 Å². The fourth-order valence-electron chi connectivity index (χ4n) is 2.49. The average molecular weight is 339 g/mol. The zero-order valence-corrected chi connectivity index (χ0v) is 14.0. The lowest BCUT2D eigenvalue weighted by Crippen LogP contribution is -2.46. The van der Waals surface area contributed by atoms with Crippen molar-refractivity contribution in [2.24, 2.45) is 0 Å². The summed E-state index contributed by atoms with van der Waals surface area (Å²) in [5.74, 6) is 0.0492. The second kappa shape index (κ2) is 7.67. The summed E-state index contributed by atoms with van der Waals surface area (Å²) in [6, 6.07) is 9.90. The van der Waals surface area contributed by atoms with Crippen LogP contribution in [0.1, 0.15) is 10.5 Å². The number of para-hydroxylation sites is 1. The number of carbonyl (C=O) groups is 1. The Labute approximate surface area is 140 Å². The van der Waals surface area contributed by atoms with Gasteiger partial charge in [0.05, 0.1) is 6.20 Å². The first-order chi connectivity index (χ1) is 10.3. The molecule has 1 aliphatic rings. The molecule has 1 aromatic heterocycles. The van der Waals surface area contributed by atoms with Crippen LogP contribution >= 0.6 is 24.2 Å². The molecule has 0 radical (unpaired) electrons. The summed E-state index contributed by atoms with van der Waals surface area (Å²) in [7, 11) is 0. The fourth-order valence-corrected chi connectivity index (χ4v) is 3.03. The lowest BCUT2D eigenvalue weighted by molar-refractivity contribution is 0.0727. The number of imidazole rings is 1. The highest BCUT2D eigenvalue weighted by molar-refractivity contribution is 7.98. The topological polar surface area (TPSA) is 50.2 Å². The summed E-state index contributed by atoms with van der Waals surface area (Å²) >= 11 is 1.54. The summed E-state index contributed by atoms with van der Waals surface area (Å²) in [5, 5.41) is 4.10. The van der Waals surface area contributed by atoms with Gasteiger partial charge < -0.3 is 10.2 Å². The number of halogens is 1. The van der Waals surface area contributed by atoms with Crippen LogP contribution in [0.5, 0.6) is 0 Å². The summed E-state index contributed by atoms with van der Waals surface area (Å²) < 4.78 is 1.94. The van der Waals surface area contributed by atoms with Gasteiger partial charge in [-0.05, 0) is 18.4 Å². The smallest absolute Gasteiger partial charge is 0.272 e. The van der Waals surface area contributed by atoms with Crippen LogP contribution in [0.15, 0.2) is 41.7 Å². The van der Waals surface area contributed by atoms with Crippen molar-refractivity contribution in [1.82, 2.24) is 19.8 Å². The second-order valence-electron chi connectivity index (χ2n) is 4.84. The van der Waals surface area contributed by atoms with Gasteiger partial charge in [-0.1, -0.05) is 30.0 Å². The summed E-state index contributed by atoms with van der Waals surface area (Å²) in [6.07, 6.45) is 3.66. The van der Waals surface area contributed by atoms with Gasteiger partial charge in [0.15, 0.2) is 5.16 Å². The number of benzene rings is 1. The molecular formula is C15H19ClN4OS. The van der Waals surface area contributed by atoms with Crippen molar-refractivity contribution in [3.8, 4) is 5.69 Å². The normalized spacial score (nSPS) is 14.5. The first-order valence-electron chi connectivity index (χ1n) is 6.98. The third-order valence-electron chi connectivity index (χ3n) is 3.55. The van der Waals surface area contributed by atoms with Gasteiger partial charge in [-0.2, -0.15) is 0 Å². The van der Waals surface area contributed by atoms with Crippen LogP contribution in [0.2, 0.25) is 0 Å². The van der Waals surface area contributed by atoms with E-state index in [1.807, 2.05) is 46.1 Å². The number of aromatic nitrogens is 2. The van der Waals surface area contributed by atoms with Crippen molar-refractivity contribution in [2.75, 3.05) is 32.4 Å².